The topological polar surface area (TPSA) is 76.4 Å². The van der Waals surface area contributed by atoms with E-state index in [1.54, 1.807) is 11.8 Å². The number of nitrogens with zero attached hydrogens (tertiary/aromatic N) is 2. The van der Waals surface area contributed by atoms with Crippen molar-refractivity contribution in [2.45, 2.75) is 44.7 Å². The van der Waals surface area contributed by atoms with E-state index in [0.29, 0.717) is 25.9 Å². The number of amides is 1. The Hall–Kier alpha value is -1.12. The summed E-state index contributed by atoms with van der Waals surface area (Å²) in [6, 6.07) is 2.31. The summed E-state index contributed by atoms with van der Waals surface area (Å²) in [5.41, 5.74) is -1.10. The van der Waals surface area contributed by atoms with Crippen molar-refractivity contribution in [3.8, 4) is 6.07 Å². The first-order valence-electron chi connectivity index (χ1n) is 5.91. The van der Waals surface area contributed by atoms with Gasteiger partial charge in [0.2, 0.25) is 5.91 Å². The number of nitriles is 1. The highest BCUT2D eigenvalue weighted by Gasteiger charge is 2.39. The molecule has 0 aromatic carbocycles. The van der Waals surface area contributed by atoms with Crippen molar-refractivity contribution >= 4 is 5.91 Å². The molecule has 1 aliphatic rings. The molecule has 1 rings (SSSR count). The number of carbonyl (C=O) groups is 1. The minimum Gasteiger partial charge on any atom is -0.394 e. The molecule has 0 aromatic heterocycles. The lowest BCUT2D eigenvalue weighted by atomic mass is 9.86. The zero-order valence-corrected chi connectivity index (χ0v) is 10.8. The highest BCUT2D eigenvalue weighted by atomic mass is 16.3. The summed E-state index contributed by atoms with van der Waals surface area (Å²) in [5.74, 6) is 0.0537. The van der Waals surface area contributed by atoms with Crippen LogP contribution in [0.4, 0.5) is 0 Å². The zero-order valence-electron chi connectivity index (χ0n) is 10.8. The van der Waals surface area contributed by atoms with Crippen LogP contribution >= 0.6 is 0 Å². The van der Waals surface area contributed by atoms with Crippen molar-refractivity contribution in [2.75, 3.05) is 19.7 Å². The highest BCUT2D eigenvalue weighted by Crippen LogP contribution is 2.24. The quantitative estimate of drug-likeness (QED) is 0.740. The van der Waals surface area contributed by atoms with Crippen LogP contribution in [0.2, 0.25) is 0 Å². The summed E-state index contributed by atoms with van der Waals surface area (Å²) in [6.07, 6.45) is 1.21. The van der Waals surface area contributed by atoms with Crippen LogP contribution in [0.1, 0.15) is 33.6 Å². The number of piperidine rings is 1. The molecule has 0 bridgehead atoms. The van der Waals surface area contributed by atoms with Crippen LogP contribution in [0, 0.1) is 11.3 Å². The van der Waals surface area contributed by atoms with Crippen LogP contribution in [0.25, 0.3) is 0 Å². The van der Waals surface area contributed by atoms with Gasteiger partial charge < -0.3 is 10.0 Å². The molecule has 1 aliphatic heterocycles. The van der Waals surface area contributed by atoms with E-state index in [-0.39, 0.29) is 12.5 Å². The van der Waals surface area contributed by atoms with Crippen molar-refractivity contribution in [2.24, 2.45) is 0 Å². The predicted molar refractivity (Wildman–Crippen MR) is 64.1 cm³/mol. The summed E-state index contributed by atoms with van der Waals surface area (Å²) < 4.78 is 0. The lowest BCUT2D eigenvalue weighted by Gasteiger charge is -2.42. The van der Waals surface area contributed by atoms with Crippen LogP contribution in [-0.2, 0) is 4.79 Å². The molecule has 1 fully saturated rings. The molecule has 0 spiro atoms. The van der Waals surface area contributed by atoms with E-state index >= 15 is 0 Å². The van der Waals surface area contributed by atoms with Gasteiger partial charge in [-0.25, -0.2) is 0 Å². The van der Waals surface area contributed by atoms with Crippen molar-refractivity contribution in [1.29, 1.82) is 5.26 Å². The van der Waals surface area contributed by atoms with Crippen molar-refractivity contribution in [3.63, 3.8) is 0 Å². The van der Waals surface area contributed by atoms with Gasteiger partial charge in [-0.05, 0) is 26.7 Å². The van der Waals surface area contributed by atoms with Gasteiger partial charge in [-0.1, -0.05) is 0 Å². The molecule has 0 aromatic rings. The maximum atomic E-state index is 11.2. The summed E-state index contributed by atoms with van der Waals surface area (Å²) in [6.45, 7) is 6.44. The second-order valence-electron chi connectivity index (χ2n) is 5.37. The zero-order chi connectivity index (χ0) is 13.1. The molecule has 1 amide bonds. The Morgan fingerprint density at radius 2 is 2.06 bits per heavy atom. The molecule has 5 heteroatoms. The Labute approximate surface area is 102 Å². The standard InChI is InChI=1S/C12H21N3O2/c1-10(17)15-6-4-12(8-13,5-7-15)14-11(2,3)9-16/h14,16H,4-7,9H2,1-3H3. The van der Waals surface area contributed by atoms with Gasteiger partial charge in [0.25, 0.3) is 0 Å². The number of hydrogen-bond acceptors (Lipinski definition) is 4. The number of aliphatic hydroxyl groups excluding tert-OH is 1. The van der Waals surface area contributed by atoms with Gasteiger partial charge in [-0.2, -0.15) is 5.26 Å². The minimum atomic E-state index is -0.627. The van der Waals surface area contributed by atoms with Crippen molar-refractivity contribution in [3.05, 3.63) is 0 Å². The number of carbonyl (C=O) groups excluding carboxylic acids is 1. The smallest absolute Gasteiger partial charge is 0.219 e. The molecule has 2 N–H and O–H groups in total. The Bertz CT molecular complexity index is 325. The fourth-order valence-electron chi connectivity index (χ4n) is 2.16. The molecule has 1 heterocycles. The summed E-state index contributed by atoms with van der Waals surface area (Å²) in [4.78, 5) is 13.0. The molecule has 0 atom stereocenters. The first-order valence-corrected chi connectivity index (χ1v) is 5.91. The van der Waals surface area contributed by atoms with Crippen molar-refractivity contribution in [1.82, 2.24) is 10.2 Å². The van der Waals surface area contributed by atoms with Gasteiger partial charge in [0.05, 0.1) is 12.7 Å². The average molecular weight is 239 g/mol. The van der Waals surface area contributed by atoms with Crippen LogP contribution in [0.5, 0.6) is 0 Å². The molecule has 0 aliphatic carbocycles. The third-order valence-corrected chi connectivity index (χ3v) is 3.25. The highest BCUT2D eigenvalue weighted by molar-refractivity contribution is 5.73. The van der Waals surface area contributed by atoms with Gasteiger partial charge in [0.1, 0.15) is 5.54 Å². The summed E-state index contributed by atoms with van der Waals surface area (Å²) in [5, 5.41) is 21.8. The van der Waals surface area contributed by atoms with Gasteiger partial charge in [0, 0.05) is 25.6 Å². The normalized spacial score (nSPS) is 19.8. The van der Waals surface area contributed by atoms with Crippen LogP contribution in [-0.4, -0.2) is 46.7 Å². The van der Waals surface area contributed by atoms with E-state index in [1.165, 1.54) is 0 Å². The largest absolute Gasteiger partial charge is 0.394 e. The number of nitrogens with one attached hydrogen (secondary N) is 1. The maximum Gasteiger partial charge on any atom is 0.219 e. The van der Waals surface area contributed by atoms with E-state index < -0.39 is 11.1 Å². The first kappa shape index (κ1) is 13.9. The maximum absolute atomic E-state index is 11.2. The lowest BCUT2D eigenvalue weighted by molar-refractivity contribution is -0.130. The molecular formula is C12H21N3O2. The average Bonchev–Trinajstić information content (AvgIpc) is 2.29. The van der Waals surface area contributed by atoms with E-state index in [1.807, 2.05) is 13.8 Å². The van der Waals surface area contributed by atoms with Gasteiger partial charge in [-0.15, -0.1) is 0 Å². The summed E-state index contributed by atoms with van der Waals surface area (Å²) in [7, 11) is 0. The molecular weight excluding hydrogens is 218 g/mol. The second kappa shape index (κ2) is 5.03. The fraction of sp³-hybridized carbons (Fsp3) is 0.833. The number of aliphatic hydroxyl groups is 1. The Morgan fingerprint density at radius 3 is 2.41 bits per heavy atom. The minimum absolute atomic E-state index is 0.0210. The molecule has 17 heavy (non-hydrogen) atoms. The molecule has 0 radical (unpaired) electrons. The van der Waals surface area contributed by atoms with Crippen LogP contribution in [0.15, 0.2) is 0 Å². The second-order valence-corrected chi connectivity index (χ2v) is 5.37. The Balaban J connectivity index is 2.69. The van der Waals surface area contributed by atoms with E-state index in [4.69, 9.17) is 0 Å². The Morgan fingerprint density at radius 1 is 1.53 bits per heavy atom. The summed E-state index contributed by atoms with van der Waals surface area (Å²) >= 11 is 0. The van der Waals surface area contributed by atoms with Crippen molar-refractivity contribution < 1.29 is 9.90 Å². The SMILES string of the molecule is CC(=O)N1CCC(C#N)(NC(C)(C)CO)CC1. The number of rotatable bonds is 3. The molecule has 0 saturated carbocycles. The third-order valence-electron chi connectivity index (χ3n) is 3.25. The fourth-order valence-corrected chi connectivity index (χ4v) is 2.16. The van der Waals surface area contributed by atoms with Crippen LogP contribution in [0.3, 0.4) is 0 Å². The van der Waals surface area contributed by atoms with Gasteiger partial charge >= 0.3 is 0 Å². The van der Waals surface area contributed by atoms with E-state index in [2.05, 4.69) is 11.4 Å². The first-order chi connectivity index (χ1) is 7.84. The van der Waals surface area contributed by atoms with Gasteiger partial charge in [0.15, 0.2) is 0 Å². The van der Waals surface area contributed by atoms with E-state index in [0.717, 1.165) is 0 Å². The van der Waals surface area contributed by atoms with Crippen LogP contribution < -0.4 is 5.32 Å². The number of hydrogen-bond donors (Lipinski definition) is 2. The van der Waals surface area contributed by atoms with Gasteiger partial charge in [-0.3, -0.25) is 10.1 Å². The Kier molecular flexibility index (Phi) is 4.12. The molecule has 5 nitrogen and oxygen atoms in total. The monoisotopic (exact) mass is 239 g/mol. The number of likely N-dealkylation sites (tertiary alicyclic amines) is 1. The lowest BCUT2D eigenvalue weighted by Crippen LogP contribution is -2.60. The molecule has 96 valence electrons. The molecule has 1 saturated heterocycles. The predicted octanol–water partition coefficient (Wildman–Crippen LogP) is 0.252. The third kappa shape index (κ3) is 3.42. The van der Waals surface area contributed by atoms with E-state index in [9.17, 15) is 15.2 Å². The molecule has 0 unspecified atom stereocenters.